The third kappa shape index (κ3) is 4.71. The van der Waals surface area contributed by atoms with Crippen LogP contribution in [0, 0.1) is 0 Å². The summed E-state index contributed by atoms with van der Waals surface area (Å²) < 4.78 is 41.7. The van der Waals surface area contributed by atoms with Crippen molar-refractivity contribution >= 4 is 6.09 Å². The van der Waals surface area contributed by atoms with Crippen LogP contribution in [0.1, 0.15) is 12.5 Å². The molecule has 1 aromatic carbocycles. The normalized spacial score (nSPS) is 12.5. The van der Waals surface area contributed by atoms with E-state index in [-0.39, 0.29) is 6.54 Å². The van der Waals surface area contributed by atoms with E-state index in [0.29, 0.717) is 0 Å². The summed E-state index contributed by atoms with van der Waals surface area (Å²) in [5.74, 6) is 0. The lowest BCUT2D eigenvalue weighted by molar-refractivity contribution is -0.199. The molecule has 2 rings (SSSR count). The topological polar surface area (TPSA) is 42.4 Å². The van der Waals surface area contributed by atoms with Crippen molar-refractivity contribution in [3.05, 3.63) is 54.4 Å². The lowest BCUT2D eigenvalue weighted by Gasteiger charge is -2.22. The summed E-state index contributed by atoms with van der Waals surface area (Å²) in [6, 6.07) is 11.1. The Morgan fingerprint density at radius 1 is 1.21 bits per heavy atom. The number of halogens is 3. The van der Waals surface area contributed by atoms with Gasteiger partial charge in [-0.15, -0.1) is 0 Å². The molecule has 1 aromatic heterocycles. The van der Waals surface area contributed by atoms with Crippen LogP contribution in [-0.4, -0.2) is 35.3 Å². The van der Waals surface area contributed by atoms with E-state index in [9.17, 15) is 18.0 Å². The molecule has 2 aromatic rings. The summed E-state index contributed by atoms with van der Waals surface area (Å²) in [4.78, 5) is 16.8. The number of hydrogen-bond donors (Lipinski definition) is 0. The zero-order valence-electron chi connectivity index (χ0n) is 13.2. The van der Waals surface area contributed by atoms with Gasteiger partial charge in [0.05, 0.1) is 0 Å². The lowest BCUT2D eigenvalue weighted by Crippen LogP contribution is -2.36. The van der Waals surface area contributed by atoms with Crippen molar-refractivity contribution in [2.24, 2.45) is 0 Å². The molecule has 1 heterocycles. The van der Waals surface area contributed by atoms with Gasteiger partial charge < -0.3 is 9.64 Å². The van der Waals surface area contributed by atoms with Gasteiger partial charge in [-0.25, -0.2) is 4.79 Å². The highest BCUT2D eigenvalue weighted by atomic mass is 19.4. The summed E-state index contributed by atoms with van der Waals surface area (Å²) in [6.45, 7) is 0.943. The third-order valence-electron chi connectivity index (χ3n) is 3.41. The lowest BCUT2D eigenvalue weighted by atomic mass is 10.0. The molecule has 1 amide bonds. The quantitative estimate of drug-likeness (QED) is 0.836. The van der Waals surface area contributed by atoms with E-state index < -0.39 is 18.4 Å². The maximum absolute atomic E-state index is 12.4. The van der Waals surface area contributed by atoms with Crippen LogP contribution in [0.3, 0.4) is 0 Å². The van der Waals surface area contributed by atoms with Gasteiger partial charge in [0, 0.05) is 26.0 Å². The molecular weight excluding hydrogens is 321 g/mol. The third-order valence-corrected chi connectivity index (χ3v) is 3.41. The van der Waals surface area contributed by atoms with Gasteiger partial charge in [0.1, 0.15) is 0 Å². The Kier molecular flexibility index (Phi) is 5.43. The van der Waals surface area contributed by atoms with Crippen LogP contribution in [0.2, 0.25) is 0 Å². The molecule has 0 bridgehead atoms. The van der Waals surface area contributed by atoms with Gasteiger partial charge in [-0.05, 0) is 41.8 Å². The minimum Gasteiger partial charge on any atom is -0.437 e. The number of carbonyl (C=O) groups is 1. The Morgan fingerprint density at radius 3 is 2.50 bits per heavy atom. The zero-order valence-corrected chi connectivity index (χ0v) is 13.2. The molecule has 0 radical (unpaired) electrons. The predicted molar refractivity (Wildman–Crippen MR) is 83.1 cm³/mol. The van der Waals surface area contributed by atoms with Crippen LogP contribution in [-0.2, 0) is 11.3 Å². The first-order valence-electron chi connectivity index (χ1n) is 7.25. The second-order valence-electron chi connectivity index (χ2n) is 5.36. The van der Waals surface area contributed by atoms with Crippen LogP contribution >= 0.6 is 0 Å². The van der Waals surface area contributed by atoms with Gasteiger partial charge in [-0.1, -0.05) is 18.2 Å². The second kappa shape index (κ2) is 7.33. The number of benzene rings is 1. The summed E-state index contributed by atoms with van der Waals surface area (Å²) in [7, 11) is 1.39. The SMILES string of the molecule is CC(OC(=O)N(C)Cc1cccc(-c2ccncc2)c1)C(F)(F)F. The molecule has 128 valence electrons. The minimum atomic E-state index is -4.57. The number of amides is 1. The average molecular weight is 338 g/mol. The average Bonchev–Trinajstić information content (AvgIpc) is 2.55. The highest BCUT2D eigenvalue weighted by Gasteiger charge is 2.39. The first-order chi connectivity index (χ1) is 11.3. The van der Waals surface area contributed by atoms with Gasteiger partial charge in [-0.2, -0.15) is 13.2 Å². The van der Waals surface area contributed by atoms with Crippen LogP contribution in [0.5, 0.6) is 0 Å². The molecule has 1 unspecified atom stereocenters. The number of pyridine rings is 1. The van der Waals surface area contributed by atoms with E-state index in [1.54, 1.807) is 18.5 Å². The molecule has 0 fully saturated rings. The van der Waals surface area contributed by atoms with Crippen LogP contribution < -0.4 is 0 Å². The van der Waals surface area contributed by atoms with E-state index in [1.807, 2.05) is 30.3 Å². The van der Waals surface area contributed by atoms with E-state index in [2.05, 4.69) is 9.72 Å². The van der Waals surface area contributed by atoms with Crippen molar-refractivity contribution in [1.29, 1.82) is 0 Å². The molecule has 0 aliphatic heterocycles. The summed E-state index contributed by atoms with van der Waals surface area (Å²) in [6.07, 6.45) is -4.39. The first-order valence-corrected chi connectivity index (χ1v) is 7.25. The maximum atomic E-state index is 12.4. The fourth-order valence-electron chi connectivity index (χ4n) is 2.04. The van der Waals surface area contributed by atoms with E-state index >= 15 is 0 Å². The van der Waals surface area contributed by atoms with Crippen LogP contribution in [0.4, 0.5) is 18.0 Å². The largest absolute Gasteiger partial charge is 0.437 e. The number of aromatic nitrogens is 1. The molecule has 0 aliphatic rings. The van der Waals surface area contributed by atoms with Gasteiger partial charge in [-0.3, -0.25) is 4.98 Å². The van der Waals surface area contributed by atoms with Gasteiger partial charge >= 0.3 is 12.3 Å². The number of rotatable bonds is 4. The van der Waals surface area contributed by atoms with Gasteiger partial charge in [0.2, 0.25) is 0 Å². The molecule has 0 saturated carbocycles. The van der Waals surface area contributed by atoms with Crippen molar-refractivity contribution < 1.29 is 22.7 Å². The van der Waals surface area contributed by atoms with Crippen molar-refractivity contribution in [1.82, 2.24) is 9.88 Å². The minimum absolute atomic E-state index is 0.141. The summed E-state index contributed by atoms with van der Waals surface area (Å²) in [5.41, 5.74) is 2.67. The monoisotopic (exact) mass is 338 g/mol. The predicted octanol–water partition coefficient (Wildman–Crippen LogP) is 4.27. The summed E-state index contributed by atoms with van der Waals surface area (Å²) in [5, 5.41) is 0. The number of ether oxygens (including phenoxy) is 1. The Morgan fingerprint density at radius 2 is 1.88 bits per heavy atom. The van der Waals surface area contributed by atoms with Crippen LogP contribution in [0.25, 0.3) is 11.1 Å². The maximum Gasteiger partial charge on any atom is 0.425 e. The second-order valence-corrected chi connectivity index (χ2v) is 5.36. The molecule has 24 heavy (non-hydrogen) atoms. The number of carbonyl (C=O) groups excluding carboxylic acids is 1. The molecular formula is C17H17F3N2O2. The van der Waals surface area contributed by atoms with Crippen molar-refractivity contribution in [3.8, 4) is 11.1 Å². The molecule has 7 heteroatoms. The molecule has 0 saturated heterocycles. The fourth-order valence-corrected chi connectivity index (χ4v) is 2.04. The standard InChI is InChI=1S/C17H17F3N2O2/c1-12(17(18,19)20)24-16(23)22(2)11-13-4-3-5-15(10-13)14-6-8-21-9-7-14/h3-10,12H,11H2,1-2H3. The zero-order chi connectivity index (χ0) is 17.7. The molecule has 0 N–H and O–H groups in total. The first kappa shape index (κ1) is 17.8. The Balaban J connectivity index is 2.04. The van der Waals surface area contributed by atoms with Crippen molar-refractivity contribution in [2.45, 2.75) is 25.7 Å². The molecule has 0 spiro atoms. The van der Waals surface area contributed by atoms with E-state index in [0.717, 1.165) is 28.5 Å². The van der Waals surface area contributed by atoms with Crippen molar-refractivity contribution in [3.63, 3.8) is 0 Å². The molecule has 0 aliphatic carbocycles. The Labute approximate surface area is 137 Å². The fraction of sp³-hybridized carbons (Fsp3) is 0.294. The smallest absolute Gasteiger partial charge is 0.425 e. The molecule has 1 atom stereocenters. The Bertz CT molecular complexity index is 690. The van der Waals surface area contributed by atoms with E-state index in [4.69, 9.17) is 0 Å². The number of nitrogens with zero attached hydrogens (tertiary/aromatic N) is 2. The Hall–Kier alpha value is -2.57. The molecule has 4 nitrogen and oxygen atoms in total. The van der Waals surface area contributed by atoms with Gasteiger partial charge in [0.15, 0.2) is 6.10 Å². The number of hydrogen-bond acceptors (Lipinski definition) is 3. The van der Waals surface area contributed by atoms with E-state index in [1.165, 1.54) is 7.05 Å². The van der Waals surface area contributed by atoms with Gasteiger partial charge in [0.25, 0.3) is 0 Å². The van der Waals surface area contributed by atoms with Crippen molar-refractivity contribution in [2.75, 3.05) is 7.05 Å². The number of alkyl halides is 3. The summed E-state index contributed by atoms with van der Waals surface area (Å²) >= 11 is 0. The highest BCUT2D eigenvalue weighted by Crippen LogP contribution is 2.23. The highest BCUT2D eigenvalue weighted by molar-refractivity contribution is 5.68. The van der Waals surface area contributed by atoms with Crippen LogP contribution in [0.15, 0.2) is 48.8 Å².